The molecule has 2 aromatic carbocycles. The molecule has 2 fully saturated rings. The fourth-order valence-corrected chi connectivity index (χ4v) is 5.70. The van der Waals surface area contributed by atoms with E-state index in [-0.39, 0.29) is 0 Å². The van der Waals surface area contributed by atoms with Crippen LogP contribution in [0.15, 0.2) is 42.6 Å². The van der Waals surface area contributed by atoms with Crippen molar-refractivity contribution in [2.45, 2.75) is 45.2 Å². The van der Waals surface area contributed by atoms with Crippen LogP contribution in [0.5, 0.6) is 5.75 Å². The second-order valence-electron chi connectivity index (χ2n) is 9.61. The van der Waals surface area contributed by atoms with E-state index in [1.54, 1.807) is 7.11 Å². The fourth-order valence-electron chi connectivity index (χ4n) is 5.70. The first kappa shape index (κ1) is 20.4. The number of hydrogen-bond donors (Lipinski definition) is 2. The summed E-state index contributed by atoms with van der Waals surface area (Å²) in [6.45, 7) is 4.13. The Kier molecular flexibility index (Phi) is 5.14. The number of hydrogen-bond acceptors (Lipinski definition) is 5. The molecule has 1 unspecified atom stereocenters. The van der Waals surface area contributed by atoms with Crippen LogP contribution in [0.4, 0.5) is 0 Å². The lowest BCUT2D eigenvalue weighted by Crippen LogP contribution is -2.37. The van der Waals surface area contributed by atoms with Crippen LogP contribution >= 0.6 is 0 Å². The van der Waals surface area contributed by atoms with Crippen molar-refractivity contribution in [1.82, 2.24) is 30.5 Å². The van der Waals surface area contributed by atoms with Crippen molar-refractivity contribution in [3.05, 3.63) is 59.3 Å². The van der Waals surface area contributed by atoms with Gasteiger partial charge in [-0.05, 0) is 79.5 Å². The third-order valence-electron chi connectivity index (χ3n) is 7.63. The number of methoxy groups -OCH3 is 1. The molecule has 7 heteroatoms. The van der Waals surface area contributed by atoms with Crippen molar-refractivity contribution >= 4 is 10.9 Å². The summed E-state index contributed by atoms with van der Waals surface area (Å²) in [5.41, 5.74) is 6.06. The molecular formula is C26H30N6O. The van der Waals surface area contributed by atoms with Crippen LogP contribution in [0.2, 0.25) is 0 Å². The van der Waals surface area contributed by atoms with Gasteiger partial charge in [-0.2, -0.15) is 5.21 Å². The van der Waals surface area contributed by atoms with Crippen molar-refractivity contribution in [1.29, 1.82) is 0 Å². The number of ether oxygens (including phenoxy) is 1. The Morgan fingerprint density at radius 1 is 1.09 bits per heavy atom. The number of nitrogens with zero attached hydrogens (tertiary/aromatic N) is 4. The Morgan fingerprint density at radius 2 is 1.94 bits per heavy atom. The van der Waals surface area contributed by atoms with E-state index >= 15 is 0 Å². The van der Waals surface area contributed by atoms with Gasteiger partial charge in [0.15, 0.2) is 0 Å². The van der Waals surface area contributed by atoms with Gasteiger partial charge in [-0.15, -0.1) is 10.2 Å². The van der Waals surface area contributed by atoms with Crippen molar-refractivity contribution in [2.75, 3.05) is 13.7 Å². The second kappa shape index (κ2) is 8.30. The zero-order valence-corrected chi connectivity index (χ0v) is 19.2. The molecule has 2 N–H and O–H groups in total. The Labute approximate surface area is 193 Å². The van der Waals surface area contributed by atoms with Crippen molar-refractivity contribution in [3.8, 4) is 17.1 Å². The number of fused-ring (bicyclic) bond motifs is 1. The molecule has 0 radical (unpaired) electrons. The highest BCUT2D eigenvalue weighted by Gasteiger charge is 2.38. The van der Waals surface area contributed by atoms with Crippen LogP contribution < -0.4 is 4.74 Å². The number of H-pyrrole nitrogens is 2. The van der Waals surface area contributed by atoms with E-state index in [1.807, 2.05) is 6.20 Å². The third kappa shape index (κ3) is 3.80. The number of tetrazole rings is 1. The molecule has 1 aliphatic heterocycles. The lowest BCUT2D eigenvalue weighted by Gasteiger charge is -2.40. The minimum atomic E-state index is 0.392. The molecule has 3 heterocycles. The van der Waals surface area contributed by atoms with E-state index in [4.69, 9.17) is 4.74 Å². The summed E-state index contributed by atoms with van der Waals surface area (Å²) in [4.78, 5) is 6.07. The maximum atomic E-state index is 5.85. The Morgan fingerprint density at radius 3 is 2.67 bits per heavy atom. The van der Waals surface area contributed by atoms with Gasteiger partial charge in [0, 0.05) is 40.8 Å². The van der Waals surface area contributed by atoms with Crippen molar-refractivity contribution < 1.29 is 4.74 Å². The number of piperidine rings is 1. The summed E-state index contributed by atoms with van der Waals surface area (Å²) in [5, 5.41) is 15.7. The predicted octanol–water partition coefficient (Wildman–Crippen LogP) is 5.03. The number of aromatic nitrogens is 5. The van der Waals surface area contributed by atoms with Gasteiger partial charge in [0.1, 0.15) is 5.75 Å². The molecule has 6 rings (SSSR count). The number of likely N-dealkylation sites (tertiary alicyclic amines) is 1. The SMILES string of the molecule is COc1cc(C)c2[nH]ccc2c1CN1CCC(C2CC2)C[C@H]1c1ccc(-c2nn[nH]n2)cc1. The predicted molar refractivity (Wildman–Crippen MR) is 128 cm³/mol. The molecule has 1 aliphatic carbocycles. The Bertz CT molecular complexity index is 1240. The molecule has 1 saturated carbocycles. The number of benzene rings is 2. The molecule has 4 aromatic rings. The summed E-state index contributed by atoms with van der Waals surface area (Å²) in [6.07, 6.45) is 7.35. The van der Waals surface area contributed by atoms with Gasteiger partial charge in [-0.25, -0.2) is 0 Å². The largest absolute Gasteiger partial charge is 0.496 e. The van der Waals surface area contributed by atoms with Crippen molar-refractivity contribution in [3.63, 3.8) is 0 Å². The minimum Gasteiger partial charge on any atom is -0.496 e. The van der Waals surface area contributed by atoms with Gasteiger partial charge in [-0.1, -0.05) is 24.3 Å². The first-order valence-corrected chi connectivity index (χ1v) is 11.9. The van der Waals surface area contributed by atoms with E-state index in [9.17, 15) is 0 Å². The van der Waals surface area contributed by atoms with Gasteiger partial charge >= 0.3 is 0 Å². The van der Waals surface area contributed by atoms with Crippen LogP contribution in [-0.4, -0.2) is 44.2 Å². The van der Waals surface area contributed by atoms with Gasteiger partial charge in [-0.3, -0.25) is 4.90 Å². The third-order valence-corrected chi connectivity index (χ3v) is 7.63. The Balaban J connectivity index is 1.34. The van der Waals surface area contributed by atoms with Crippen molar-refractivity contribution in [2.24, 2.45) is 11.8 Å². The summed E-state index contributed by atoms with van der Waals surface area (Å²) in [6, 6.07) is 13.5. The summed E-state index contributed by atoms with van der Waals surface area (Å²) in [7, 11) is 1.78. The molecule has 0 spiro atoms. The van der Waals surface area contributed by atoms with Gasteiger partial charge < -0.3 is 9.72 Å². The zero-order valence-electron chi connectivity index (χ0n) is 19.2. The average Bonchev–Trinajstić information content (AvgIpc) is 3.32. The topological polar surface area (TPSA) is 82.7 Å². The molecule has 1 saturated heterocycles. The number of aryl methyl sites for hydroxylation is 1. The molecule has 0 bridgehead atoms. The molecular weight excluding hydrogens is 412 g/mol. The van der Waals surface area contributed by atoms with Gasteiger partial charge in [0.25, 0.3) is 0 Å². The lowest BCUT2D eigenvalue weighted by molar-refractivity contribution is 0.0954. The summed E-state index contributed by atoms with van der Waals surface area (Å²) < 4.78 is 5.85. The molecule has 2 aromatic heterocycles. The zero-order chi connectivity index (χ0) is 22.4. The van der Waals surface area contributed by atoms with E-state index in [1.165, 1.54) is 53.3 Å². The van der Waals surface area contributed by atoms with E-state index < -0.39 is 0 Å². The molecule has 0 amide bonds. The maximum absolute atomic E-state index is 5.85. The molecule has 33 heavy (non-hydrogen) atoms. The average molecular weight is 443 g/mol. The number of rotatable bonds is 6. The smallest absolute Gasteiger partial charge is 0.204 e. The first-order chi connectivity index (χ1) is 16.2. The molecule has 170 valence electrons. The first-order valence-electron chi connectivity index (χ1n) is 11.9. The quantitative estimate of drug-likeness (QED) is 0.438. The van der Waals surface area contributed by atoms with E-state index in [0.717, 1.165) is 36.2 Å². The molecule has 2 atom stereocenters. The standard InChI is InChI=1S/C26H30N6O/c1-16-13-24(33-2)22(21-9-11-27-25(16)21)15-32-12-10-20(17-3-4-17)14-23(32)18-5-7-19(8-6-18)26-28-30-31-29-26/h5-9,11,13,17,20,23,27H,3-4,10,12,14-15H2,1-2H3,(H,28,29,30,31)/t20?,23-/m0/s1. The highest BCUT2D eigenvalue weighted by atomic mass is 16.5. The Hall–Kier alpha value is -3.19. The second-order valence-corrected chi connectivity index (χ2v) is 9.61. The van der Waals surface area contributed by atoms with Crippen LogP contribution in [0, 0.1) is 18.8 Å². The van der Waals surface area contributed by atoms with Gasteiger partial charge in [0.05, 0.1) is 7.11 Å². The fraction of sp³-hybridized carbons (Fsp3) is 0.423. The summed E-state index contributed by atoms with van der Waals surface area (Å²) in [5.74, 6) is 3.38. The normalized spacial score (nSPS) is 21.5. The van der Waals surface area contributed by atoms with E-state index in [2.05, 4.69) is 73.8 Å². The van der Waals surface area contributed by atoms with Crippen LogP contribution in [0.3, 0.4) is 0 Å². The molecule has 7 nitrogen and oxygen atoms in total. The highest BCUT2D eigenvalue weighted by Crippen LogP contribution is 2.47. The molecule has 2 aliphatic rings. The van der Waals surface area contributed by atoms with Crippen LogP contribution in [-0.2, 0) is 6.54 Å². The maximum Gasteiger partial charge on any atom is 0.204 e. The minimum absolute atomic E-state index is 0.392. The van der Waals surface area contributed by atoms with Gasteiger partial charge in [0.2, 0.25) is 5.82 Å². The van der Waals surface area contributed by atoms with E-state index in [0.29, 0.717) is 11.9 Å². The lowest BCUT2D eigenvalue weighted by atomic mass is 9.83. The monoisotopic (exact) mass is 442 g/mol. The highest BCUT2D eigenvalue weighted by molar-refractivity contribution is 5.88. The van der Waals surface area contributed by atoms with Crippen LogP contribution in [0.25, 0.3) is 22.3 Å². The number of nitrogens with one attached hydrogen (secondary N) is 2. The number of aromatic amines is 2. The van der Waals surface area contributed by atoms with Crippen LogP contribution in [0.1, 0.15) is 48.4 Å². The summed E-state index contributed by atoms with van der Waals surface area (Å²) >= 11 is 0.